The molecule has 0 amide bonds. The first kappa shape index (κ1) is 20.3. The number of halogens is 6. The minimum atomic E-state index is -4.82. The summed E-state index contributed by atoms with van der Waals surface area (Å²) in [5.41, 5.74) is 2.36. The van der Waals surface area contributed by atoms with Gasteiger partial charge >= 0.3 is 12.5 Å². The smallest absolute Gasteiger partial charge is 0.406 e. The molecule has 0 aliphatic carbocycles. The maximum Gasteiger partial charge on any atom is 0.573 e. The summed E-state index contributed by atoms with van der Waals surface area (Å²) >= 11 is 0. The number of hydrogen-bond acceptors (Lipinski definition) is 3. The molecule has 3 nitrogen and oxygen atoms in total. The molecular weight excluding hydrogens is 388 g/mol. The highest BCUT2D eigenvalue weighted by atomic mass is 19.4. The second kappa shape index (κ2) is 7.54. The van der Waals surface area contributed by atoms with E-state index < -0.39 is 25.2 Å². The van der Waals surface area contributed by atoms with E-state index >= 15 is 0 Å². The van der Waals surface area contributed by atoms with E-state index in [0.29, 0.717) is 36.2 Å². The molecule has 0 aromatic heterocycles. The summed E-state index contributed by atoms with van der Waals surface area (Å²) in [5.74, 6) is -0.372. The molecule has 1 N–H and O–H groups in total. The Morgan fingerprint density at radius 3 is 2.43 bits per heavy atom. The molecule has 9 heteroatoms. The van der Waals surface area contributed by atoms with Crippen LogP contribution in [0.2, 0.25) is 0 Å². The van der Waals surface area contributed by atoms with Gasteiger partial charge in [0.2, 0.25) is 0 Å². The molecular formula is C19H17F6NO2. The van der Waals surface area contributed by atoms with Crippen molar-refractivity contribution in [3.8, 4) is 16.9 Å². The van der Waals surface area contributed by atoms with Crippen molar-refractivity contribution in [3.63, 3.8) is 0 Å². The van der Waals surface area contributed by atoms with Crippen molar-refractivity contribution in [2.45, 2.75) is 31.5 Å². The Labute approximate surface area is 157 Å². The van der Waals surface area contributed by atoms with Gasteiger partial charge in [-0.3, -0.25) is 0 Å². The van der Waals surface area contributed by atoms with E-state index in [1.165, 1.54) is 23.1 Å². The van der Waals surface area contributed by atoms with Gasteiger partial charge in [-0.05, 0) is 47.7 Å². The zero-order valence-corrected chi connectivity index (χ0v) is 14.5. The van der Waals surface area contributed by atoms with Crippen LogP contribution in [0, 0.1) is 0 Å². The monoisotopic (exact) mass is 405 g/mol. The van der Waals surface area contributed by atoms with Gasteiger partial charge < -0.3 is 14.7 Å². The lowest BCUT2D eigenvalue weighted by Gasteiger charge is -2.34. The third-order valence-corrected chi connectivity index (χ3v) is 4.50. The van der Waals surface area contributed by atoms with E-state index in [4.69, 9.17) is 0 Å². The molecule has 2 aromatic rings. The lowest BCUT2D eigenvalue weighted by molar-refractivity contribution is -0.274. The van der Waals surface area contributed by atoms with Crippen molar-refractivity contribution in [1.29, 1.82) is 0 Å². The fraction of sp³-hybridized carbons (Fsp3) is 0.368. The number of ether oxygens (including phenoxy) is 1. The van der Waals surface area contributed by atoms with Crippen LogP contribution in [0.15, 0.2) is 42.5 Å². The SMILES string of the molecule is OC(CN1CCCc2c(-c3cccc(OC(F)(F)F)c3)cccc21)C(F)(F)F. The van der Waals surface area contributed by atoms with E-state index in [-0.39, 0.29) is 5.75 Å². The van der Waals surface area contributed by atoms with Gasteiger partial charge in [0.15, 0.2) is 6.10 Å². The van der Waals surface area contributed by atoms with Crippen molar-refractivity contribution in [1.82, 2.24) is 0 Å². The van der Waals surface area contributed by atoms with E-state index in [1.54, 1.807) is 24.3 Å². The van der Waals surface area contributed by atoms with Gasteiger partial charge in [-0.1, -0.05) is 24.3 Å². The van der Waals surface area contributed by atoms with Crippen LogP contribution in [-0.2, 0) is 6.42 Å². The summed E-state index contributed by atoms with van der Waals surface area (Å²) < 4.78 is 79.5. The van der Waals surface area contributed by atoms with Crippen LogP contribution in [0.4, 0.5) is 32.0 Å². The fourth-order valence-corrected chi connectivity index (χ4v) is 3.33. The molecule has 1 atom stereocenters. The lowest BCUT2D eigenvalue weighted by Crippen LogP contribution is -2.43. The molecule has 1 heterocycles. The summed E-state index contributed by atoms with van der Waals surface area (Å²) in [5, 5.41) is 9.40. The second-order valence-corrected chi connectivity index (χ2v) is 6.49. The van der Waals surface area contributed by atoms with Gasteiger partial charge in [0.25, 0.3) is 0 Å². The molecule has 0 radical (unpaired) electrons. The van der Waals surface area contributed by atoms with E-state index in [9.17, 15) is 31.4 Å². The topological polar surface area (TPSA) is 32.7 Å². The van der Waals surface area contributed by atoms with E-state index in [2.05, 4.69) is 4.74 Å². The highest BCUT2D eigenvalue weighted by Crippen LogP contribution is 2.37. The summed E-state index contributed by atoms with van der Waals surface area (Å²) in [6.45, 7) is -0.252. The molecule has 28 heavy (non-hydrogen) atoms. The summed E-state index contributed by atoms with van der Waals surface area (Å²) in [4.78, 5) is 1.45. The van der Waals surface area contributed by atoms with Crippen LogP contribution >= 0.6 is 0 Å². The van der Waals surface area contributed by atoms with Gasteiger partial charge in [0.05, 0.1) is 6.54 Å². The average molecular weight is 405 g/mol. The Bertz CT molecular complexity index is 834. The number of alkyl halides is 6. The summed E-state index contributed by atoms with van der Waals surface area (Å²) in [6.07, 6.45) is -10.9. The minimum absolute atomic E-state index is 0.348. The van der Waals surface area contributed by atoms with Gasteiger partial charge in [-0.25, -0.2) is 0 Å². The average Bonchev–Trinajstić information content (AvgIpc) is 2.59. The Morgan fingerprint density at radius 1 is 1.04 bits per heavy atom. The number of nitrogens with zero attached hydrogens (tertiary/aromatic N) is 1. The number of fused-ring (bicyclic) bond motifs is 1. The first-order valence-corrected chi connectivity index (χ1v) is 8.52. The number of β-amino-alcohol motifs (C(OH)–C–C–N with tert-alkyl or cyclic N) is 1. The van der Waals surface area contributed by atoms with Crippen LogP contribution in [0.3, 0.4) is 0 Å². The Balaban J connectivity index is 1.94. The van der Waals surface area contributed by atoms with Crippen molar-refractivity contribution >= 4 is 5.69 Å². The van der Waals surface area contributed by atoms with Gasteiger partial charge in [0, 0.05) is 12.2 Å². The van der Waals surface area contributed by atoms with Crippen LogP contribution < -0.4 is 9.64 Å². The lowest BCUT2D eigenvalue weighted by atomic mass is 9.92. The van der Waals surface area contributed by atoms with Crippen molar-refractivity contribution < 1.29 is 36.2 Å². The quantitative estimate of drug-likeness (QED) is 0.733. The molecule has 1 aliphatic rings. The number of benzene rings is 2. The first-order chi connectivity index (χ1) is 13.0. The predicted molar refractivity (Wildman–Crippen MR) is 91.2 cm³/mol. The number of hydrogen-bond donors (Lipinski definition) is 1. The highest BCUT2D eigenvalue weighted by molar-refractivity contribution is 5.76. The zero-order chi connectivity index (χ0) is 20.5. The third kappa shape index (κ3) is 4.70. The summed E-state index contributed by atoms with van der Waals surface area (Å²) in [6, 6.07) is 10.4. The Hall–Kier alpha value is -2.42. The Kier molecular flexibility index (Phi) is 5.47. The molecule has 2 aromatic carbocycles. The van der Waals surface area contributed by atoms with Crippen LogP contribution in [0.5, 0.6) is 5.75 Å². The largest absolute Gasteiger partial charge is 0.573 e. The van der Waals surface area contributed by atoms with E-state index in [0.717, 1.165) is 5.56 Å². The van der Waals surface area contributed by atoms with Crippen molar-refractivity contribution in [2.75, 3.05) is 18.0 Å². The standard InChI is InChI=1S/C19H17F6NO2/c20-18(21,22)17(27)11-26-9-3-7-15-14(6-2-8-16(15)26)12-4-1-5-13(10-12)28-19(23,24)25/h1-2,4-6,8,10,17,27H,3,7,9,11H2. The van der Waals surface area contributed by atoms with Crippen LogP contribution in [0.25, 0.3) is 11.1 Å². The normalized spacial score (nSPS) is 15.9. The molecule has 1 aliphatic heterocycles. The highest BCUT2D eigenvalue weighted by Gasteiger charge is 2.40. The first-order valence-electron chi connectivity index (χ1n) is 8.52. The van der Waals surface area contributed by atoms with Crippen molar-refractivity contribution in [2.24, 2.45) is 0 Å². The molecule has 3 rings (SSSR count). The van der Waals surface area contributed by atoms with Crippen LogP contribution in [0.1, 0.15) is 12.0 Å². The van der Waals surface area contributed by atoms with Crippen molar-refractivity contribution in [3.05, 3.63) is 48.0 Å². The second-order valence-electron chi connectivity index (χ2n) is 6.49. The summed E-state index contributed by atoms with van der Waals surface area (Å²) in [7, 11) is 0. The predicted octanol–water partition coefficient (Wildman–Crippen LogP) is 4.93. The maximum atomic E-state index is 12.7. The maximum absolute atomic E-state index is 12.7. The molecule has 0 spiro atoms. The minimum Gasteiger partial charge on any atom is -0.406 e. The van der Waals surface area contributed by atoms with E-state index in [1.807, 2.05) is 0 Å². The number of anilines is 1. The number of aliphatic hydroxyl groups excluding tert-OH is 1. The molecule has 0 bridgehead atoms. The molecule has 0 fully saturated rings. The molecule has 0 saturated carbocycles. The van der Waals surface area contributed by atoms with Gasteiger partial charge in [-0.2, -0.15) is 13.2 Å². The fourth-order valence-electron chi connectivity index (χ4n) is 3.33. The molecule has 0 saturated heterocycles. The molecule has 152 valence electrons. The van der Waals surface area contributed by atoms with Gasteiger partial charge in [0.1, 0.15) is 5.75 Å². The van der Waals surface area contributed by atoms with Gasteiger partial charge in [-0.15, -0.1) is 13.2 Å². The van der Waals surface area contributed by atoms with Crippen LogP contribution in [-0.4, -0.2) is 36.8 Å². The number of aliphatic hydroxyl groups is 1. The zero-order valence-electron chi connectivity index (χ0n) is 14.5. The number of rotatable bonds is 4. The molecule has 1 unspecified atom stereocenters. The third-order valence-electron chi connectivity index (χ3n) is 4.50. The Morgan fingerprint density at radius 2 is 1.75 bits per heavy atom.